The van der Waals surface area contributed by atoms with Gasteiger partial charge in [0.2, 0.25) is 0 Å². The van der Waals surface area contributed by atoms with Gasteiger partial charge in [-0.3, -0.25) is 0 Å². The van der Waals surface area contributed by atoms with Crippen LogP contribution in [0.15, 0.2) is 22.7 Å². The zero-order valence-corrected chi connectivity index (χ0v) is 11.2. The molecular weight excluding hydrogens is 277 g/mol. The molecule has 2 nitrogen and oxygen atoms in total. The molecule has 0 aromatic heterocycles. The number of benzene rings is 1. The molecule has 0 amide bonds. The second-order valence-electron chi connectivity index (χ2n) is 3.33. The third-order valence-corrected chi connectivity index (χ3v) is 3.38. The first-order valence-electron chi connectivity index (χ1n) is 4.88. The monoisotopic (exact) mass is 291 g/mol. The van der Waals surface area contributed by atoms with Gasteiger partial charge in [-0.05, 0) is 40.5 Å². The highest BCUT2D eigenvalue weighted by Crippen LogP contribution is 2.25. The lowest BCUT2D eigenvalue weighted by Gasteiger charge is -2.17. The largest absolute Gasteiger partial charge is 0.383 e. The van der Waals surface area contributed by atoms with Crippen LogP contribution in [0.25, 0.3) is 0 Å². The summed E-state index contributed by atoms with van der Waals surface area (Å²) in [5.41, 5.74) is 1.02. The van der Waals surface area contributed by atoms with Gasteiger partial charge in [-0.25, -0.2) is 0 Å². The lowest BCUT2D eigenvalue weighted by Crippen LogP contribution is -2.23. The number of hydrogen-bond donors (Lipinski definition) is 1. The van der Waals surface area contributed by atoms with Gasteiger partial charge in [0.15, 0.2) is 0 Å². The minimum absolute atomic E-state index is 0.326. The summed E-state index contributed by atoms with van der Waals surface area (Å²) in [7, 11) is 1.71. The third kappa shape index (κ3) is 4.01. The first kappa shape index (κ1) is 12.8. The molecule has 0 saturated heterocycles. The first-order valence-corrected chi connectivity index (χ1v) is 6.05. The van der Waals surface area contributed by atoms with Crippen LogP contribution in [0.3, 0.4) is 0 Å². The quantitative estimate of drug-likeness (QED) is 0.887. The summed E-state index contributed by atoms with van der Waals surface area (Å²) in [6.45, 7) is 2.82. The van der Waals surface area contributed by atoms with Crippen LogP contribution < -0.4 is 5.32 Å². The fourth-order valence-corrected chi connectivity index (χ4v) is 1.71. The minimum atomic E-state index is 0.326. The summed E-state index contributed by atoms with van der Waals surface area (Å²) < 4.78 is 6.03. The Kier molecular flexibility index (Phi) is 5.43. The second-order valence-corrected chi connectivity index (χ2v) is 4.60. The number of ether oxygens (including phenoxy) is 1. The molecule has 1 atom stereocenters. The van der Waals surface area contributed by atoms with Crippen LogP contribution in [0.4, 0.5) is 5.69 Å². The van der Waals surface area contributed by atoms with E-state index in [-0.39, 0.29) is 0 Å². The molecule has 0 aliphatic carbocycles. The number of methoxy groups -OCH3 is 1. The van der Waals surface area contributed by atoms with E-state index >= 15 is 0 Å². The Morgan fingerprint density at radius 2 is 2.27 bits per heavy atom. The van der Waals surface area contributed by atoms with Crippen LogP contribution in [0.1, 0.15) is 13.3 Å². The van der Waals surface area contributed by atoms with Gasteiger partial charge in [0.1, 0.15) is 0 Å². The van der Waals surface area contributed by atoms with Crippen molar-refractivity contribution in [1.82, 2.24) is 0 Å². The van der Waals surface area contributed by atoms with Gasteiger partial charge in [0, 0.05) is 23.3 Å². The molecule has 0 spiro atoms. The molecule has 15 heavy (non-hydrogen) atoms. The van der Waals surface area contributed by atoms with Crippen LogP contribution in [0.5, 0.6) is 0 Å². The number of hydrogen-bond acceptors (Lipinski definition) is 2. The molecule has 0 fully saturated rings. The molecule has 0 heterocycles. The van der Waals surface area contributed by atoms with Crippen LogP contribution in [0.2, 0.25) is 5.02 Å². The highest BCUT2D eigenvalue weighted by Gasteiger charge is 2.06. The summed E-state index contributed by atoms with van der Waals surface area (Å²) in [5, 5.41) is 4.08. The molecule has 1 aromatic rings. The Bertz CT molecular complexity index is 319. The maximum Gasteiger partial charge on any atom is 0.0663 e. The normalized spacial score (nSPS) is 12.5. The van der Waals surface area contributed by atoms with E-state index in [9.17, 15) is 0 Å². The van der Waals surface area contributed by atoms with Crippen LogP contribution >= 0.6 is 27.5 Å². The van der Waals surface area contributed by atoms with E-state index in [0.717, 1.165) is 16.6 Å². The van der Waals surface area contributed by atoms with Crippen molar-refractivity contribution in [2.24, 2.45) is 0 Å². The molecule has 0 radical (unpaired) electrons. The summed E-state index contributed by atoms with van der Waals surface area (Å²) in [5.74, 6) is 0. The van der Waals surface area contributed by atoms with Crippen LogP contribution in [-0.4, -0.2) is 19.8 Å². The van der Waals surface area contributed by atoms with Crippen LogP contribution in [0, 0.1) is 0 Å². The molecule has 84 valence electrons. The molecule has 1 N–H and O–H groups in total. The van der Waals surface area contributed by atoms with E-state index in [2.05, 4.69) is 28.2 Å². The SMILES string of the molecule is CCC(COC)Nc1ccc(Br)c(Cl)c1. The molecule has 0 aliphatic rings. The second kappa shape index (κ2) is 6.36. The van der Waals surface area contributed by atoms with E-state index in [0.29, 0.717) is 17.7 Å². The van der Waals surface area contributed by atoms with Gasteiger partial charge in [0.25, 0.3) is 0 Å². The van der Waals surface area contributed by atoms with Crippen molar-refractivity contribution < 1.29 is 4.74 Å². The predicted molar refractivity (Wildman–Crippen MR) is 68.7 cm³/mol. The maximum atomic E-state index is 6.00. The Hall–Kier alpha value is -0.250. The molecule has 1 unspecified atom stereocenters. The fourth-order valence-electron chi connectivity index (χ4n) is 1.28. The zero-order chi connectivity index (χ0) is 11.3. The number of anilines is 1. The van der Waals surface area contributed by atoms with Crippen molar-refractivity contribution >= 4 is 33.2 Å². The van der Waals surface area contributed by atoms with E-state index in [1.165, 1.54) is 0 Å². The summed E-state index contributed by atoms with van der Waals surface area (Å²) in [4.78, 5) is 0. The lowest BCUT2D eigenvalue weighted by atomic mass is 10.2. The van der Waals surface area contributed by atoms with Crippen molar-refractivity contribution in [1.29, 1.82) is 0 Å². The Morgan fingerprint density at radius 3 is 2.80 bits per heavy atom. The fraction of sp³-hybridized carbons (Fsp3) is 0.455. The molecule has 1 rings (SSSR count). The molecular formula is C11H15BrClNO. The molecule has 4 heteroatoms. The van der Waals surface area contributed by atoms with Gasteiger partial charge in [-0.15, -0.1) is 0 Å². The number of halogens is 2. The number of nitrogens with one attached hydrogen (secondary N) is 1. The molecule has 0 bridgehead atoms. The Morgan fingerprint density at radius 1 is 1.53 bits per heavy atom. The first-order chi connectivity index (χ1) is 7.17. The zero-order valence-electron chi connectivity index (χ0n) is 8.89. The summed E-state index contributed by atoms with van der Waals surface area (Å²) in [6, 6.07) is 6.16. The molecule has 1 aromatic carbocycles. The predicted octanol–water partition coefficient (Wildman–Crippen LogP) is 3.94. The van der Waals surface area contributed by atoms with Gasteiger partial charge in [-0.1, -0.05) is 18.5 Å². The van der Waals surface area contributed by atoms with Crippen LogP contribution in [-0.2, 0) is 4.74 Å². The molecule has 0 aliphatic heterocycles. The van der Waals surface area contributed by atoms with Crippen molar-refractivity contribution in [3.8, 4) is 0 Å². The van der Waals surface area contributed by atoms with E-state index < -0.39 is 0 Å². The average Bonchev–Trinajstić information content (AvgIpc) is 2.23. The summed E-state index contributed by atoms with van der Waals surface area (Å²) in [6.07, 6.45) is 1.02. The third-order valence-electron chi connectivity index (χ3n) is 2.15. The van der Waals surface area contributed by atoms with Crippen molar-refractivity contribution in [3.05, 3.63) is 27.7 Å². The Labute approximate surface area is 104 Å². The van der Waals surface area contributed by atoms with E-state index in [1.54, 1.807) is 7.11 Å². The Balaban J connectivity index is 2.66. The van der Waals surface area contributed by atoms with Crippen molar-refractivity contribution in [2.45, 2.75) is 19.4 Å². The van der Waals surface area contributed by atoms with Crippen molar-refractivity contribution in [2.75, 3.05) is 19.0 Å². The van der Waals surface area contributed by atoms with E-state index in [4.69, 9.17) is 16.3 Å². The number of rotatable bonds is 5. The summed E-state index contributed by atoms with van der Waals surface area (Å²) >= 11 is 9.36. The topological polar surface area (TPSA) is 21.3 Å². The van der Waals surface area contributed by atoms with Gasteiger partial charge < -0.3 is 10.1 Å². The van der Waals surface area contributed by atoms with Gasteiger partial charge in [0.05, 0.1) is 11.6 Å². The highest BCUT2D eigenvalue weighted by molar-refractivity contribution is 9.10. The average molecular weight is 293 g/mol. The van der Waals surface area contributed by atoms with Crippen molar-refractivity contribution in [3.63, 3.8) is 0 Å². The molecule has 0 saturated carbocycles. The smallest absolute Gasteiger partial charge is 0.0663 e. The van der Waals surface area contributed by atoms with Gasteiger partial charge >= 0.3 is 0 Å². The standard InChI is InChI=1S/C11H15BrClNO/c1-3-8(7-15-2)14-9-4-5-10(12)11(13)6-9/h4-6,8,14H,3,7H2,1-2H3. The van der Waals surface area contributed by atoms with E-state index in [1.807, 2.05) is 18.2 Å². The van der Waals surface area contributed by atoms with Gasteiger partial charge in [-0.2, -0.15) is 0 Å². The lowest BCUT2D eigenvalue weighted by molar-refractivity contribution is 0.184. The maximum absolute atomic E-state index is 6.00. The minimum Gasteiger partial charge on any atom is -0.383 e. The highest BCUT2D eigenvalue weighted by atomic mass is 79.9.